The van der Waals surface area contributed by atoms with Crippen LogP contribution in [0.2, 0.25) is 5.02 Å². The van der Waals surface area contributed by atoms with Crippen LogP contribution in [0, 0.1) is 0 Å². The van der Waals surface area contributed by atoms with E-state index >= 15 is 0 Å². The summed E-state index contributed by atoms with van der Waals surface area (Å²) in [7, 11) is 0. The summed E-state index contributed by atoms with van der Waals surface area (Å²) in [5.41, 5.74) is 3.97. The predicted octanol–water partition coefficient (Wildman–Crippen LogP) is 2.85. The molecule has 6 nitrogen and oxygen atoms in total. The van der Waals surface area contributed by atoms with Crippen molar-refractivity contribution in [2.24, 2.45) is 10.2 Å². The average molecular weight is 337 g/mol. The Morgan fingerprint density at radius 2 is 2.14 bits per heavy atom. The summed E-state index contributed by atoms with van der Waals surface area (Å²) in [6.45, 7) is 4.18. The minimum absolute atomic E-state index is 0.410. The Morgan fingerprint density at radius 3 is 2.86 bits per heavy atom. The first kappa shape index (κ1) is 14.2. The molecule has 1 atom stereocenters. The largest absolute Gasteiger partial charge is 0.260 e. The molecule has 0 amide bonds. The molecule has 1 unspecified atom stereocenters. The van der Waals surface area contributed by atoms with Crippen LogP contribution in [-0.4, -0.2) is 42.6 Å². The number of aromatic nitrogens is 3. The second-order valence-electron chi connectivity index (χ2n) is 5.59. The lowest BCUT2D eigenvalue weighted by molar-refractivity contribution is 0.346. The first-order valence-electron chi connectivity index (χ1n) is 7.33. The van der Waals surface area contributed by atoms with Crippen molar-refractivity contribution in [3.8, 4) is 0 Å². The monoisotopic (exact) mass is 336 g/mol. The van der Waals surface area contributed by atoms with Gasteiger partial charge in [-0.2, -0.15) is 10.2 Å². The van der Waals surface area contributed by atoms with Gasteiger partial charge in [-0.05, 0) is 31.2 Å². The van der Waals surface area contributed by atoms with Crippen LogP contribution in [0.1, 0.15) is 31.2 Å². The van der Waals surface area contributed by atoms with E-state index in [1.165, 1.54) is 5.56 Å². The number of thiol groups is 1. The number of rotatable bonds is 2. The van der Waals surface area contributed by atoms with Crippen LogP contribution in [0.3, 0.4) is 0 Å². The van der Waals surface area contributed by atoms with E-state index in [-0.39, 0.29) is 0 Å². The van der Waals surface area contributed by atoms with Gasteiger partial charge in [0.2, 0.25) is 0 Å². The average Bonchev–Trinajstić information content (AvgIpc) is 3.15. The number of piperidine rings is 1. The SMILES string of the molecule is CC1=NN=C[SH]1N1CCC(c2cn3ncnc3cc2Cl)CC1. The summed E-state index contributed by atoms with van der Waals surface area (Å²) in [6.07, 6.45) is 5.78. The molecule has 0 bridgehead atoms. The van der Waals surface area contributed by atoms with Crippen LogP contribution >= 0.6 is 22.7 Å². The fourth-order valence-electron chi connectivity index (χ4n) is 3.11. The fourth-order valence-corrected chi connectivity index (χ4v) is 5.09. The Balaban J connectivity index is 1.51. The Kier molecular flexibility index (Phi) is 3.63. The lowest BCUT2D eigenvalue weighted by Gasteiger charge is -2.36. The van der Waals surface area contributed by atoms with Gasteiger partial charge in [0.1, 0.15) is 6.33 Å². The molecule has 2 aliphatic heterocycles. The maximum Gasteiger partial charge on any atom is 0.156 e. The first-order chi connectivity index (χ1) is 10.7. The maximum absolute atomic E-state index is 6.45. The molecule has 2 aromatic rings. The molecule has 1 saturated heterocycles. The molecular weight excluding hydrogens is 320 g/mol. The van der Waals surface area contributed by atoms with E-state index in [9.17, 15) is 0 Å². The van der Waals surface area contributed by atoms with Crippen molar-refractivity contribution in [2.75, 3.05) is 13.1 Å². The number of fused-ring (bicyclic) bond motifs is 1. The molecule has 0 radical (unpaired) electrons. The summed E-state index contributed by atoms with van der Waals surface area (Å²) < 4.78 is 4.31. The van der Waals surface area contributed by atoms with Gasteiger partial charge in [-0.15, -0.1) is 16.2 Å². The molecular formula is C14H17ClN6S. The van der Waals surface area contributed by atoms with Crippen molar-refractivity contribution in [1.29, 1.82) is 0 Å². The molecule has 0 aliphatic carbocycles. The third-order valence-corrected chi connectivity index (χ3v) is 6.72. The molecule has 22 heavy (non-hydrogen) atoms. The zero-order chi connectivity index (χ0) is 15.1. The van der Waals surface area contributed by atoms with Gasteiger partial charge < -0.3 is 0 Å². The molecule has 4 rings (SSSR count). The number of pyridine rings is 1. The van der Waals surface area contributed by atoms with Crippen LogP contribution in [-0.2, 0) is 0 Å². The van der Waals surface area contributed by atoms with Crippen LogP contribution < -0.4 is 0 Å². The number of hydrogen-bond acceptors (Lipinski definition) is 5. The molecule has 4 heterocycles. The lowest BCUT2D eigenvalue weighted by atomic mass is 9.91. The van der Waals surface area contributed by atoms with Crippen molar-refractivity contribution in [3.63, 3.8) is 0 Å². The van der Waals surface area contributed by atoms with Crippen LogP contribution in [0.25, 0.3) is 5.65 Å². The smallest absolute Gasteiger partial charge is 0.156 e. The highest BCUT2D eigenvalue weighted by Crippen LogP contribution is 2.40. The van der Waals surface area contributed by atoms with Crippen molar-refractivity contribution >= 4 is 38.9 Å². The van der Waals surface area contributed by atoms with Crippen molar-refractivity contribution < 1.29 is 0 Å². The van der Waals surface area contributed by atoms with Crippen LogP contribution in [0.5, 0.6) is 0 Å². The number of nitrogens with zero attached hydrogens (tertiary/aromatic N) is 6. The summed E-state index contributed by atoms with van der Waals surface area (Å²) in [6, 6.07) is 1.90. The fraction of sp³-hybridized carbons (Fsp3) is 0.429. The van der Waals surface area contributed by atoms with Gasteiger partial charge in [-0.1, -0.05) is 11.6 Å². The Labute approximate surface area is 136 Å². The van der Waals surface area contributed by atoms with E-state index < -0.39 is 11.1 Å². The van der Waals surface area contributed by atoms with Crippen molar-refractivity contribution in [1.82, 2.24) is 18.9 Å². The molecule has 2 aromatic heterocycles. The van der Waals surface area contributed by atoms with Gasteiger partial charge in [-0.25, -0.2) is 9.50 Å². The highest BCUT2D eigenvalue weighted by Gasteiger charge is 2.27. The van der Waals surface area contributed by atoms with Gasteiger partial charge in [0.05, 0.1) is 10.6 Å². The molecule has 8 heteroatoms. The van der Waals surface area contributed by atoms with Gasteiger partial charge in [0.25, 0.3) is 0 Å². The van der Waals surface area contributed by atoms with E-state index in [2.05, 4.69) is 31.5 Å². The summed E-state index contributed by atoms with van der Waals surface area (Å²) >= 11 is 6.04. The summed E-state index contributed by atoms with van der Waals surface area (Å²) in [4.78, 5) is 4.17. The molecule has 0 spiro atoms. The zero-order valence-electron chi connectivity index (χ0n) is 12.2. The zero-order valence-corrected chi connectivity index (χ0v) is 13.9. The normalized spacial score (nSPS) is 25.0. The molecule has 0 saturated carbocycles. The van der Waals surface area contributed by atoms with Crippen molar-refractivity contribution in [3.05, 3.63) is 29.2 Å². The highest BCUT2D eigenvalue weighted by atomic mass is 35.5. The minimum Gasteiger partial charge on any atom is -0.260 e. The Hall–Kier alpha value is -1.44. The molecule has 116 valence electrons. The second-order valence-corrected chi connectivity index (χ2v) is 8.13. The number of hydrogen-bond donors (Lipinski definition) is 1. The molecule has 0 aromatic carbocycles. The third-order valence-electron chi connectivity index (χ3n) is 4.30. The van der Waals surface area contributed by atoms with E-state index in [0.717, 1.165) is 41.6 Å². The van der Waals surface area contributed by atoms with E-state index in [0.29, 0.717) is 5.92 Å². The maximum atomic E-state index is 6.45. The van der Waals surface area contributed by atoms with E-state index in [1.807, 2.05) is 17.8 Å². The standard InChI is InChI=1S/C14H17ClN6S/c1-10-19-17-9-22(10)20-4-2-11(3-5-20)12-7-21-14(6-13(12)15)16-8-18-21/h6-9,11,22H,2-5H2,1H3. The topological polar surface area (TPSA) is 58.2 Å². The Bertz CT molecular complexity index is 762. The summed E-state index contributed by atoms with van der Waals surface area (Å²) in [5.74, 6) is 0.476. The third kappa shape index (κ3) is 2.43. The second kappa shape index (κ2) is 5.64. The lowest BCUT2D eigenvalue weighted by Crippen LogP contribution is -2.32. The van der Waals surface area contributed by atoms with Gasteiger partial charge in [-0.3, -0.25) is 4.31 Å². The molecule has 1 fully saturated rings. The molecule has 0 N–H and O–H groups in total. The van der Waals surface area contributed by atoms with Crippen molar-refractivity contribution in [2.45, 2.75) is 25.7 Å². The van der Waals surface area contributed by atoms with Gasteiger partial charge >= 0.3 is 0 Å². The van der Waals surface area contributed by atoms with E-state index in [4.69, 9.17) is 11.6 Å². The molecule has 2 aliphatic rings. The quantitative estimate of drug-likeness (QED) is 0.858. The van der Waals surface area contributed by atoms with E-state index in [1.54, 1.807) is 10.8 Å². The van der Waals surface area contributed by atoms with Crippen LogP contribution in [0.4, 0.5) is 0 Å². The highest BCUT2D eigenvalue weighted by molar-refractivity contribution is 8.38. The van der Waals surface area contributed by atoms with Crippen LogP contribution in [0.15, 0.2) is 28.8 Å². The summed E-state index contributed by atoms with van der Waals surface area (Å²) in [5, 5.41) is 14.4. The van der Waals surface area contributed by atoms with Gasteiger partial charge in [0.15, 0.2) is 5.65 Å². The van der Waals surface area contributed by atoms with Gasteiger partial charge in [0, 0.05) is 30.4 Å². The number of halogens is 1. The Morgan fingerprint density at radius 1 is 1.32 bits per heavy atom. The first-order valence-corrected chi connectivity index (χ1v) is 9.07. The predicted molar refractivity (Wildman–Crippen MR) is 92.1 cm³/mol. The minimum atomic E-state index is -0.410.